The van der Waals surface area contributed by atoms with Crippen molar-refractivity contribution < 1.29 is 21.9 Å². The third kappa shape index (κ3) is 7.35. The lowest BCUT2D eigenvalue weighted by Gasteiger charge is -2.07. The molecule has 1 heterocycles. The molecule has 2 atom stereocenters. The van der Waals surface area contributed by atoms with Crippen LogP contribution in [-0.4, -0.2) is 20.1 Å². The average Bonchev–Trinajstić information content (AvgIpc) is 2.58. The molecule has 0 spiro atoms. The number of rotatable bonds is 7. The Morgan fingerprint density at radius 1 is 1.07 bits per heavy atom. The number of hydrogen-bond donors (Lipinski definition) is 1. The molecule has 1 rings (SSSR count). The second kappa shape index (κ2) is 9.65. The molecule has 15 heavy (non-hydrogen) atoms. The Bertz CT molecular complexity index is 138. The van der Waals surface area contributed by atoms with Crippen molar-refractivity contribution in [3.63, 3.8) is 0 Å². The van der Waals surface area contributed by atoms with E-state index in [1.54, 1.807) is 4.90 Å². The lowest BCUT2D eigenvalue weighted by Crippen LogP contribution is -3.07. The smallest absolute Gasteiger partial charge is 0.0799 e. The van der Waals surface area contributed by atoms with Crippen LogP contribution in [0.5, 0.6) is 0 Å². The van der Waals surface area contributed by atoms with E-state index in [-0.39, 0.29) is 17.0 Å². The van der Waals surface area contributed by atoms with Gasteiger partial charge < -0.3 is 21.9 Å². The average molecular weight is 278 g/mol. The van der Waals surface area contributed by atoms with Crippen molar-refractivity contribution in [2.24, 2.45) is 5.92 Å². The number of halogens is 1. The van der Waals surface area contributed by atoms with Gasteiger partial charge in [-0.25, -0.2) is 0 Å². The number of likely N-dealkylation sites (tertiary alicyclic amines) is 1. The molecule has 1 nitrogen and oxygen atoms in total. The fraction of sp³-hybridized carbons (Fsp3) is 1.00. The first kappa shape index (κ1) is 15.4. The Morgan fingerprint density at radius 3 is 2.33 bits per heavy atom. The summed E-state index contributed by atoms with van der Waals surface area (Å²) in [5, 5.41) is 0. The summed E-state index contributed by atoms with van der Waals surface area (Å²) in [4.78, 5) is 1.75. The highest BCUT2D eigenvalue weighted by atomic mass is 79.9. The lowest BCUT2D eigenvalue weighted by molar-refractivity contribution is -0.867. The molecule has 1 saturated heterocycles. The van der Waals surface area contributed by atoms with Crippen molar-refractivity contribution in [2.75, 3.05) is 20.1 Å². The van der Waals surface area contributed by atoms with Crippen LogP contribution < -0.4 is 21.9 Å². The first-order valence-corrected chi connectivity index (χ1v) is 6.64. The van der Waals surface area contributed by atoms with Gasteiger partial charge in [-0.1, -0.05) is 45.4 Å². The predicted octanol–water partition coefficient (Wildman–Crippen LogP) is -0.724. The van der Waals surface area contributed by atoms with Crippen LogP contribution >= 0.6 is 0 Å². The zero-order chi connectivity index (χ0) is 10.2. The minimum Gasteiger partial charge on any atom is -1.00 e. The molecule has 0 saturated carbocycles. The molecule has 2 unspecified atom stereocenters. The molecule has 0 aromatic carbocycles. The Morgan fingerprint density at radius 2 is 1.73 bits per heavy atom. The second-order valence-corrected chi connectivity index (χ2v) is 5.12. The maximum absolute atomic E-state index is 2.33. The summed E-state index contributed by atoms with van der Waals surface area (Å²) in [6.45, 7) is 5.15. The Hall–Kier alpha value is 0.440. The molecule has 1 aliphatic rings. The maximum Gasteiger partial charge on any atom is 0.0799 e. The van der Waals surface area contributed by atoms with Crippen LogP contribution in [0.2, 0.25) is 0 Å². The molecule has 2 heteroatoms. The Balaban J connectivity index is 0.00000196. The van der Waals surface area contributed by atoms with Crippen LogP contribution in [-0.2, 0) is 0 Å². The largest absolute Gasteiger partial charge is 1.00 e. The van der Waals surface area contributed by atoms with E-state index in [4.69, 9.17) is 0 Å². The van der Waals surface area contributed by atoms with Crippen LogP contribution in [0.15, 0.2) is 0 Å². The molecule has 0 radical (unpaired) electrons. The summed E-state index contributed by atoms with van der Waals surface area (Å²) in [5.41, 5.74) is 0. The van der Waals surface area contributed by atoms with E-state index in [0.29, 0.717) is 0 Å². The van der Waals surface area contributed by atoms with Crippen LogP contribution in [0.25, 0.3) is 0 Å². The van der Waals surface area contributed by atoms with Crippen molar-refractivity contribution in [3.8, 4) is 0 Å². The summed E-state index contributed by atoms with van der Waals surface area (Å²) in [7, 11) is 2.33. The zero-order valence-corrected chi connectivity index (χ0v) is 12.1. The summed E-state index contributed by atoms with van der Waals surface area (Å²) in [5.74, 6) is 1.06. The van der Waals surface area contributed by atoms with Gasteiger partial charge in [0.25, 0.3) is 0 Å². The third-order valence-electron chi connectivity index (χ3n) is 3.58. The predicted molar refractivity (Wildman–Crippen MR) is 62.7 cm³/mol. The summed E-state index contributed by atoms with van der Waals surface area (Å²) < 4.78 is 0. The van der Waals surface area contributed by atoms with Gasteiger partial charge in [0, 0.05) is 12.3 Å². The number of hydrogen-bond acceptors (Lipinski definition) is 0. The van der Waals surface area contributed by atoms with Crippen LogP contribution in [0.4, 0.5) is 0 Å². The van der Waals surface area contributed by atoms with Crippen molar-refractivity contribution in [2.45, 2.75) is 58.3 Å². The highest BCUT2D eigenvalue weighted by Crippen LogP contribution is 2.15. The topological polar surface area (TPSA) is 4.44 Å². The van der Waals surface area contributed by atoms with Crippen LogP contribution in [0.1, 0.15) is 58.3 Å². The Labute approximate surface area is 106 Å². The maximum atomic E-state index is 2.33. The fourth-order valence-corrected chi connectivity index (χ4v) is 2.61. The van der Waals surface area contributed by atoms with Gasteiger partial charge in [0.15, 0.2) is 0 Å². The Kier molecular flexibility index (Phi) is 9.93. The van der Waals surface area contributed by atoms with Crippen molar-refractivity contribution in [1.82, 2.24) is 0 Å². The molecule has 1 fully saturated rings. The van der Waals surface area contributed by atoms with Gasteiger partial charge in [-0.2, -0.15) is 0 Å². The van der Waals surface area contributed by atoms with Crippen LogP contribution in [0, 0.1) is 5.92 Å². The monoisotopic (exact) mass is 277 g/mol. The summed E-state index contributed by atoms with van der Waals surface area (Å²) in [6.07, 6.45) is 11.7. The number of nitrogens with one attached hydrogen (secondary N) is 1. The second-order valence-electron chi connectivity index (χ2n) is 5.12. The first-order valence-electron chi connectivity index (χ1n) is 6.64. The fourth-order valence-electron chi connectivity index (χ4n) is 2.61. The van der Waals surface area contributed by atoms with Gasteiger partial charge in [0.2, 0.25) is 0 Å². The molecular weight excluding hydrogens is 250 g/mol. The van der Waals surface area contributed by atoms with Gasteiger partial charge >= 0.3 is 0 Å². The molecule has 0 aliphatic carbocycles. The first-order chi connectivity index (χ1) is 6.83. The van der Waals surface area contributed by atoms with E-state index in [0.717, 1.165) is 5.92 Å². The third-order valence-corrected chi connectivity index (χ3v) is 3.58. The van der Waals surface area contributed by atoms with Crippen LogP contribution in [0.3, 0.4) is 0 Å². The standard InChI is InChI=1S/C13H27N.BrH/c1-3-4-5-6-7-8-9-13-10-11-14(2)12-13;/h13H,3-12H2,1-2H3;1H. The highest BCUT2D eigenvalue weighted by Gasteiger charge is 2.21. The molecule has 0 amide bonds. The quantitative estimate of drug-likeness (QED) is 0.586. The minimum absolute atomic E-state index is 0. The van der Waals surface area contributed by atoms with Crippen molar-refractivity contribution in [1.29, 1.82) is 0 Å². The molecule has 0 aromatic heterocycles. The number of quaternary nitrogens is 1. The molecule has 0 bridgehead atoms. The molecular formula is C13H28BrN. The molecule has 1 N–H and O–H groups in total. The van der Waals surface area contributed by atoms with E-state index < -0.39 is 0 Å². The van der Waals surface area contributed by atoms with Crippen molar-refractivity contribution >= 4 is 0 Å². The zero-order valence-electron chi connectivity index (χ0n) is 10.5. The minimum atomic E-state index is 0. The van der Waals surface area contributed by atoms with Gasteiger partial charge in [0.1, 0.15) is 0 Å². The van der Waals surface area contributed by atoms with E-state index in [1.807, 2.05) is 0 Å². The summed E-state index contributed by atoms with van der Waals surface area (Å²) >= 11 is 0. The molecule has 92 valence electrons. The van der Waals surface area contributed by atoms with E-state index in [1.165, 1.54) is 64.5 Å². The summed E-state index contributed by atoms with van der Waals surface area (Å²) in [6, 6.07) is 0. The lowest BCUT2D eigenvalue weighted by atomic mass is 10.00. The van der Waals surface area contributed by atoms with Gasteiger partial charge in [-0.3, -0.25) is 0 Å². The number of unbranched alkanes of at least 4 members (excludes halogenated alkanes) is 5. The van der Waals surface area contributed by atoms with Gasteiger partial charge in [-0.15, -0.1) is 0 Å². The van der Waals surface area contributed by atoms with Crippen molar-refractivity contribution in [3.05, 3.63) is 0 Å². The van der Waals surface area contributed by atoms with E-state index in [9.17, 15) is 0 Å². The van der Waals surface area contributed by atoms with Gasteiger partial charge in [-0.05, 0) is 6.42 Å². The normalized spacial score (nSPS) is 25.2. The SMILES string of the molecule is CCCCCCCCC1CC[NH+](C)C1.[Br-]. The van der Waals surface area contributed by atoms with E-state index >= 15 is 0 Å². The highest BCUT2D eigenvalue weighted by molar-refractivity contribution is 4.62. The molecule has 1 aliphatic heterocycles. The van der Waals surface area contributed by atoms with E-state index in [2.05, 4.69) is 14.0 Å². The van der Waals surface area contributed by atoms with Gasteiger partial charge in [0.05, 0.1) is 20.1 Å². The molecule has 0 aromatic rings.